The maximum absolute atomic E-state index is 10.9. The van der Waals surface area contributed by atoms with Crippen LogP contribution >= 0.6 is 0 Å². The third-order valence-electron chi connectivity index (χ3n) is 3.52. The number of nitrogens with zero attached hydrogens (tertiary/aromatic N) is 2. The lowest BCUT2D eigenvalue weighted by molar-refractivity contribution is -0.138. The molecule has 1 aromatic carbocycles. The number of para-hydroxylation sites is 1. The van der Waals surface area contributed by atoms with Crippen molar-refractivity contribution in [1.82, 2.24) is 4.90 Å². The smallest absolute Gasteiger partial charge is 0.305 e. The second-order valence-electron chi connectivity index (χ2n) is 4.87. The Bertz CT molecular complexity index is 394. The average molecular weight is 248 g/mol. The first-order valence-electron chi connectivity index (χ1n) is 6.39. The molecule has 0 amide bonds. The molecule has 1 fully saturated rings. The molecule has 0 spiro atoms. The number of likely N-dealkylation sites (N-methyl/N-ethyl adjacent to an activating group) is 1. The van der Waals surface area contributed by atoms with Crippen molar-refractivity contribution in [3.63, 3.8) is 0 Å². The van der Waals surface area contributed by atoms with Crippen LogP contribution in [-0.2, 0) is 4.79 Å². The van der Waals surface area contributed by atoms with Gasteiger partial charge in [0, 0.05) is 24.8 Å². The summed E-state index contributed by atoms with van der Waals surface area (Å²) in [5, 5.41) is 8.99. The molecule has 1 aliphatic rings. The molecule has 4 heteroatoms. The van der Waals surface area contributed by atoms with Crippen LogP contribution in [0.2, 0.25) is 0 Å². The van der Waals surface area contributed by atoms with E-state index in [1.807, 2.05) is 25.2 Å². The van der Waals surface area contributed by atoms with Crippen LogP contribution in [0, 0.1) is 0 Å². The molecule has 0 aromatic heterocycles. The van der Waals surface area contributed by atoms with Gasteiger partial charge < -0.3 is 14.9 Å². The molecule has 1 heterocycles. The van der Waals surface area contributed by atoms with E-state index in [9.17, 15) is 4.79 Å². The fourth-order valence-corrected chi connectivity index (χ4v) is 2.47. The van der Waals surface area contributed by atoms with E-state index in [0.29, 0.717) is 0 Å². The van der Waals surface area contributed by atoms with E-state index >= 15 is 0 Å². The molecule has 1 atom stereocenters. The molecule has 1 unspecified atom stereocenters. The van der Waals surface area contributed by atoms with Gasteiger partial charge >= 0.3 is 5.97 Å². The molecule has 0 radical (unpaired) electrons. The van der Waals surface area contributed by atoms with Crippen molar-refractivity contribution in [2.45, 2.75) is 18.9 Å². The number of carboxylic acid groups (broad SMARTS) is 1. The highest BCUT2D eigenvalue weighted by atomic mass is 16.4. The average Bonchev–Trinajstić information content (AvgIpc) is 2.53. The van der Waals surface area contributed by atoms with Crippen LogP contribution < -0.4 is 4.90 Å². The van der Waals surface area contributed by atoms with Crippen molar-refractivity contribution < 1.29 is 9.90 Å². The van der Waals surface area contributed by atoms with Gasteiger partial charge in [0.05, 0.1) is 6.42 Å². The lowest BCUT2D eigenvalue weighted by atomic mass is 10.1. The Kier molecular flexibility index (Phi) is 4.20. The summed E-state index contributed by atoms with van der Waals surface area (Å²) in [4.78, 5) is 15.4. The maximum atomic E-state index is 10.9. The standard InChI is InChI=1S/C14H20N2O2/c1-15-8-5-9-16(11-13(15)10-14(17)18)12-6-3-2-4-7-12/h2-4,6-7,13H,5,8-11H2,1H3,(H,17,18). The van der Waals surface area contributed by atoms with E-state index in [-0.39, 0.29) is 12.5 Å². The van der Waals surface area contributed by atoms with Gasteiger partial charge in [-0.3, -0.25) is 4.79 Å². The van der Waals surface area contributed by atoms with Crippen molar-refractivity contribution in [1.29, 1.82) is 0 Å². The number of hydrogen-bond donors (Lipinski definition) is 1. The van der Waals surface area contributed by atoms with Gasteiger partial charge in [-0.1, -0.05) is 18.2 Å². The lowest BCUT2D eigenvalue weighted by Crippen LogP contribution is -2.40. The van der Waals surface area contributed by atoms with E-state index < -0.39 is 5.97 Å². The Morgan fingerprint density at radius 3 is 2.72 bits per heavy atom. The molecule has 98 valence electrons. The molecule has 0 bridgehead atoms. The first kappa shape index (κ1) is 12.9. The third-order valence-corrected chi connectivity index (χ3v) is 3.52. The number of aliphatic carboxylic acids is 1. The molecule has 1 aliphatic heterocycles. The van der Waals surface area contributed by atoms with Gasteiger partial charge in [0.15, 0.2) is 0 Å². The minimum atomic E-state index is -0.721. The minimum Gasteiger partial charge on any atom is -0.481 e. The summed E-state index contributed by atoms with van der Waals surface area (Å²) in [5.41, 5.74) is 1.18. The van der Waals surface area contributed by atoms with Crippen LogP contribution in [0.1, 0.15) is 12.8 Å². The molecule has 1 aromatic rings. The van der Waals surface area contributed by atoms with E-state index in [0.717, 1.165) is 26.1 Å². The van der Waals surface area contributed by atoms with Gasteiger partial charge in [-0.15, -0.1) is 0 Å². The van der Waals surface area contributed by atoms with Crippen LogP contribution in [-0.4, -0.2) is 48.7 Å². The molecule has 1 N–H and O–H groups in total. The number of carbonyl (C=O) groups is 1. The van der Waals surface area contributed by atoms with Crippen LogP contribution in [0.25, 0.3) is 0 Å². The molecule has 1 saturated heterocycles. The first-order chi connectivity index (χ1) is 8.66. The first-order valence-corrected chi connectivity index (χ1v) is 6.39. The van der Waals surface area contributed by atoms with Gasteiger partial charge in [-0.25, -0.2) is 0 Å². The zero-order valence-electron chi connectivity index (χ0n) is 10.7. The Labute approximate surface area is 108 Å². The van der Waals surface area contributed by atoms with E-state index in [1.165, 1.54) is 5.69 Å². The lowest BCUT2D eigenvalue weighted by Gasteiger charge is -2.29. The SMILES string of the molecule is CN1CCCN(c2ccccc2)CC1CC(=O)O. The summed E-state index contributed by atoms with van der Waals surface area (Å²) in [5.74, 6) is -0.721. The van der Waals surface area contributed by atoms with Crippen molar-refractivity contribution in [2.75, 3.05) is 31.6 Å². The van der Waals surface area contributed by atoms with Gasteiger partial charge in [0.25, 0.3) is 0 Å². The van der Waals surface area contributed by atoms with Crippen molar-refractivity contribution >= 4 is 11.7 Å². The Hall–Kier alpha value is -1.55. The Morgan fingerprint density at radius 2 is 2.06 bits per heavy atom. The molecule has 4 nitrogen and oxygen atoms in total. The van der Waals surface area contributed by atoms with Gasteiger partial charge in [-0.2, -0.15) is 0 Å². The van der Waals surface area contributed by atoms with Gasteiger partial charge in [0.1, 0.15) is 0 Å². The number of benzene rings is 1. The van der Waals surface area contributed by atoms with Crippen LogP contribution in [0.15, 0.2) is 30.3 Å². The van der Waals surface area contributed by atoms with Crippen molar-refractivity contribution in [3.05, 3.63) is 30.3 Å². The van der Waals surface area contributed by atoms with Gasteiger partial charge in [0.2, 0.25) is 0 Å². The molecular weight excluding hydrogens is 228 g/mol. The zero-order valence-corrected chi connectivity index (χ0v) is 10.7. The highest BCUT2D eigenvalue weighted by Gasteiger charge is 2.24. The Balaban J connectivity index is 2.10. The highest BCUT2D eigenvalue weighted by molar-refractivity contribution is 5.67. The zero-order chi connectivity index (χ0) is 13.0. The van der Waals surface area contributed by atoms with E-state index in [2.05, 4.69) is 21.9 Å². The number of rotatable bonds is 3. The molecule has 18 heavy (non-hydrogen) atoms. The summed E-state index contributed by atoms with van der Waals surface area (Å²) in [7, 11) is 2.02. The summed E-state index contributed by atoms with van der Waals surface area (Å²) >= 11 is 0. The predicted octanol–water partition coefficient (Wildman–Crippen LogP) is 1.67. The normalized spacial score (nSPS) is 21.6. The molecule has 0 saturated carbocycles. The summed E-state index contributed by atoms with van der Waals surface area (Å²) < 4.78 is 0. The molecule has 0 aliphatic carbocycles. The van der Waals surface area contributed by atoms with Crippen LogP contribution in [0.3, 0.4) is 0 Å². The monoisotopic (exact) mass is 248 g/mol. The Morgan fingerprint density at radius 1 is 1.33 bits per heavy atom. The summed E-state index contributed by atoms with van der Waals surface area (Å²) in [6.07, 6.45) is 1.28. The van der Waals surface area contributed by atoms with E-state index in [4.69, 9.17) is 5.11 Å². The van der Waals surface area contributed by atoms with Crippen LogP contribution in [0.4, 0.5) is 5.69 Å². The quantitative estimate of drug-likeness (QED) is 0.883. The second-order valence-corrected chi connectivity index (χ2v) is 4.87. The largest absolute Gasteiger partial charge is 0.481 e. The number of hydrogen-bond acceptors (Lipinski definition) is 3. The summed E-state index contributed by atoms with van der Waals surface area (Å²) in [6.45, 7) is 2.73. The van der Waals surface area contributed by atoms with Gasteiger partial charge in [-0.05, 0) is 32.1 Å². The molecular formula is C14H20N2O2. The van der Waals surface area contributed by atoms with Crippen molar-refractivity contribution in [3.8, 4) is 0 Å². The van der Waals surface area contributed by atoms with Crippen LogP contribution in [0.5, 0.6) is 0 Å². The topological polar surface area (TPSA) is 43.8 Å². The minimum absolute atomic E-state index is 0.0882. The number of carboxylic acids is 1. The fraction of sp³-hybridized carbons (Fsp3) is 0.500. The molecule has 2 rings (SSSR count). The highest BCUT2D eigenvalue weighted by Crippen LogP contribution is 2.19. The number of anilines is 1. The fourth-order valence-electron chi connectivity index (χ4n) is 2.47. The second kappa shape index (κ2) is 5.87. The third kappa shape index (κ3) is 3.23. The summed E-state index contributed by atoms with van der Waals surface area (Å²) in [6, 6.07) is 10.3. The van der Waals surface area contributed by atoms with Crippen molar-refractivity contribution in [2.24, 2.45) is 0 Å². The van der Waals surface area contributed by atoms with E-state index in [1.54, 1.807) is 0 Å². The maximum Gasteiger partial charge on any atom is 0.305 e. The predicted molar refractivity (Wildman–Crippen MR) is 71.9 cm³/mol.